The largest absolute Gasteiger partial charge is 0.493 e. The lowest BCUT2D eigenvalue weighted by molar-refractivity contribution is 0.276. The molecule has 112 valence electrons. The monoisotopic (exact) mass is 287 g/mol. The molecule has 0 fully saturated rings. The van der Waals surface area contributed by atoms with E-state index >= 15 is 0 Å². The van der Waals surface area contributed by atoms with E-state index in [9.17, 15) is 0 Å². The van der Waals surface area contributed by atoms with Crippen LogP contribution in [0.25, 0.3) is 0 Å². The second kappa shape index (κ2) is 7.59. The standard InChI is InChI=1S/C16H21N3O2/c1-4-17-12(2)13-6-7-14(15(10-13)20-3)21-11-16-18-8-5-9-19-16/h5-10,12,17H,4,11H2,1-3H3. The highest BCUT2D eigenvalue weighted by Crippen LogP contribution is 2.30. The minimum absolute atomic E-state index is 0.274. The normalized spacial score (nSPS) is 12.0. The van der Waals surface area contributed by atoms with Crippen molar-refractivity contribution in [3.05, 3.63) is 48.0 Å². The van der Waals surface area contributed by atoms with Crippen LogP contribution in [0.1, 0.15) is 31.3 Å². The fourth-order valence-corrected chi connectivity index (χ4v) is 2.04. The van der Waals surface area contributed by atoms with Crippen LogP contribution in [0.4, 0.5) is 0 Å². The highest BCUT2D eigenvalue weighted by atomic mass is 16.5. The summed E-state index contributed by atoms with van der Waals surface area (Å²) >= 11 is 0. The number of hydrogen-bond donors (Lipinski definition) is 1. The summed E-state index contributed by atoms with van der Waals surface area (Å²) in [4.78, 5) is 8.26. The number of benzene rings is 1. The first-order chi connectivity index (χ1) is 10.2. The molecule has 1 heterocycles. The van der Waals surface area contributed by atoms with E-state index in [0.29, 0.717) is 23.9 Å². The van der Waals surface area contributed by atoms with Crippen molar-refractivity contribution in [1.82, 2.24) is 15.3 Å². The Bertz CT molecular complexity index is 561. The van der Waals surface area contributed by atoms with E-state index in [4.69, 9.17) is 9.47 Å². The van der Waals surface area contributed by atoms with Gasteiger partial charge in [0.25, 0.3) is 0 Å². The summed E-state index contributed by atoms with van der Waals surface area (Å²) in [6.45, 7) is 5.45. The molecule has 1 aromatic carbocycles. The van der Waals surface area contributed by atoms with Crippen LogP contribution in [0.15, 0.2) is 36.7 Å². The molecule has 1 unspecified atom stereocenters. The third kappa shape index (κ3) is 4.16. The molecule has 0 amide bonds. The van der Waals surface area contributed by atoms with Crippen molar-refractivity contribution < 1.29 is 9.47 Å². The predicted molar refractivity (Wildman–Crippen MR) is 81.4 cm³/mol. The van der Waals surface area contributed by atoms with Gasteiger partial charge in [-0.05, 0) is 37.2 Å². The van der Waals surface area contributed by atoms with Crippen molar-refractivity contribution in [1.29, 1.82) is 0 Å². The summed E-state index contributed by atoms with van der Waals surface area (Å²) in [7, 11) is 1.64. The van der Waals surface area contributed by atoms with E-state index in [1.807, 2.05) is 18.2 Å². The number of nitrogens with one attached hydrogen (secondary N) is 1. The number of rotatable bonds is 7. The molecule has 0 aliphatic rings. The summed E-state index contributed by atoms with van der Waals surface area (Å²) in [5, 5.41) is 3.37. The first kappa shape index (κ1) is 15.3. The minimum atomic E-state index is 0.274. The molecule has 5 heteroatoms. The van der Waals surface area contributed by atoms with Crippen molar-refractivity contribution in [2.24, 2.45) is 0 Å². The Balaban J connectivity index is 2.09. The molecule has 1 aromatic heterocycles. The molecule has 2 aromatic rings. The fraction of sp³-hybridized carbons (Fsp3) is 0.375. The van der Waals surface area contributed by atoms with Crippen LogP contribution in [0, 0.1) is 0 Å². The zero-order chi connectivity index (χ0) is 15.1. The summed E-state index contributed by atoms with van der Waals surface area (Å²) in [5.41, 5.74) is 1.16. The molecule has 21 heavy (non-hydrogen) atoms. The Labute approximate surface area is 125 Å². The highest BCUT2D eigenvalue weighted by Gasteiger charge is 2.10. The summed E-state index contributed by atoms with van der Waals surface area (Å²) in [5.74, 6) is 2.05. The number of methoxy groups -OCH3 is 1. The van der Waals surface area contributed by atoms with Gasteiger partial charge in [-0.3, -0.25) is 0 Å². The zero-order valence-corrected chi connectivity index (χ0v) is 12.7. The molecule has 0 aliphatic heterocycles. The van der Waals surface area contributed by atoms with Crippen molar-refractivity contribution in [2.75, 3.05) is 13.7 Å². The first-order valence-electron chi connectivity index (χ1n) is 7.04. The number of hydrogen-bond acceptors (Lipinski definition) is 5. The van der Waals surface area contributed by atoms with Crippen molar-refractivity contribution in [3.8, 4) is 11.5 Å². The van der Waals surface area contributed by atoms with E-state index in [-0.39, 0.29) is 6.04 Å². The third-order valence-corrected chi connectivity index (χ3v) is 3.17. The molecule has 5 nitrogen and oxygen atoms in total. The molecule has 0 spiro atoms. The summed E-state index contributed by atoms with van der Waals surface area (Å²) < 4.78 is 11.1. The SMILES string of the molecule is CCNC(C)c1ccc(OCc2ncccn2)c(OC)c1. The Morgan fingerprint density at radius 2 is 1.95 bits per heavy atom. The van der Waals surface area contributed by atoms with Crippen molar-refractivity contribution in [2.45, 2.75) is 26.5 Å². The lowest BCUT2D eigenvalue weighted by Crippen LogP contribution is -2.17. The van der Waals surface area contributed by atoms with E-state index in [0.717, 1.165) is 12.1 Å². The molecule has 0 aliphatic carbocycles. The van der Waals surface area contributed by atoms with Crippen LogP contribution in [-0.2, 0) is 6.61 Å². The van der Waals surface area contributed by atoms with Crippen molar-refractivity contribution in [3.63, 3.8) is 0 Å². The van der Waals surface area contributed by atoms with Gasteiger partial charge < -0.3 is 14.8 Å². The van der Waals surface area contributed by atoms with Gasteiger partial charge in [-0.25, -0.2) is 9.97 Å². The van der Waals surface area contributed by atoms with Crippen molar-refractivity contribution >= 4 is 0 Å². The van der Waals surface area contributed by atoms with Gasteiger partial charge >= 0.3 is 0 Å². The lowest BCUT2D eigenvalue weighted by Gasteiger charge is -2.16. The van der Waals surface area contributed by atoms with Gasteiger partial charge in [0.15, 0.2) is 17.3 Å². The molecule has 0 bridgehead atoms. The van der Waals surface area contributed by atoms with Gasteiger partial charge in [0.1, 0.15) is 6.61 Å². The maximum Gasteiger partial charge on any atom is 0.166 e. The maximum absolute atomic E-state index is 5.74. The number of ether oxygens (including phenoxy) is 2. The molecule has 1 N–H and O–H groups in total. The second-order valence-corrected chi connectivity index (χ2v) is 4.64. The Hall–Kier alpha value is -2.14. The maximum atomic E-state index is 5.74. The lowest BCUT2D eigenvalue weighted by atomic mass is 10.1. The molecular weight excluding hydrogens is 266 g/mol. The van der Waals surface area contributed by atoms with Gasteiger partial charge in [-0.2, -0.15) is 0 Å². The van der Waals surface area contributed by atoms with Gasteiger partial charge in [0.05, 0.1) is 7.11 Å². The zero-order valence-electron chi connectivity index (χ0n) is 12.7. The van der Waals surface area contributed by atoms with Crippen LogP contribution >= 0.6 is 0 Å². The summed E-state index contributed by atoms with van der Waals surface area (Å²) in [6, 6.07) is 8.01. The smallest absolute Gasteiger partial charge is 0.166 e. The molecular formula is C16H21N3O2. The highest BCUT2D eigenvalue weighted by molar-refractivity contribution is 5.43. The van der Waals surface area contributed by atoms with Crippen LogP contribution < -0.4 is 14.8 Å². The Kier molecular flexibility index (Phi) is 5.51. The summed E-state index contributed by atoms with van der Waals surface area (Å²) in [6.07, 6.45) is 3.40. The van der Waals surface area contributed by atoms with E-state index in [1.54, 1.807) is 25.6 Å². The van der Waals surface area contributed by atoms with Gasteiger partial charge in [-0.15, -0.1) is 0 Å². The minimum Gasteiger partial charge on any atom is -0.493 e. The molecule has 0 saturated carbocycles. The number of aromatic nitrogens is 2. The third-order valence-electron chi connectivity index (χ3n) is 3.17. The second-order valence-electron chi connectivity index (χ2n) is 4.64. The number of nitrogens with zero attached hydrogens (tertiary/aromatic N) is 2. The molecule has 1 atom stereocenters. The van der Waals surface area contributed by atoms with Crippen LogP contribution in [0.3, 0.4) is 0 Å². The van der Waals surface area contributed by atoms with E-state index in [2.05, 4.69) is 29.1 Å². The molecule has 2 rings (SSSR count). The Morgan fingerprint density at radius 3 is 2.62 bits per heavy atom. The van der Waals surface area contributed by atoms with Gasteiger partial charge in [-0.1, -0.05) is 13.0 Å². The van der Waals surface area contributed by atoms with Gasteiger partial charge in [0, 0.05) is 18.4 Å². The fourth-order valence-electron chi connectivity index (χ4n) is 2.04. The van der Waals surface area contributed by atoms with E-state index in [1.165, 1.54) is 0 Å². The topological polar surface area (TPSA) is 56.3 Å². The quantitative estimate of drug-likeness (QED) is 0.848. The average Bonchev–Trinajstić information content (AvgIpc) is 2.54. The van der Waals surface area contributed by atoms with Crippen LogP contribution in [-0.4, -0.2) is 23.6 Å². The van der Waals surface area contributed by atoms with Crippen LogP contribution in [0.5, 0.6) is 11.5 Å². The average molecular weight is 287 g/mol. The van der Waals surface area contributed by atoms with Gasteiger partial charge in [0.2, 0.25) is 0 Å². The van der Waals surface area contributed by atoms with E-state index < -0.39 is 0 Å². The molecule has 0 radical (unpaired) electrons. The molecule has 0 saturated heterocycles. The predicted octanol–water partition coefficient (Wildman–Crippen LogP) is 2.73. The first-order valence-corrected chi connectivity index (χ1v) is 7.04. The van der Waals surface area contributed by atoms with Crippen LogP contribution in [0.2, 0.25) is 0 Å². The Morgan fingerprint density at radius 1 is 1.19 bits per heavy atom.